The van der Waals surface area contributed by atoms with Gasteiger partial charge in [0.05, 0.1) is 0 Å². The van der Waals surface area contributed by atoms with E-state index in [1.54, 1.807) is 0 Å². The Bertz CT molecular complexity index is 134. The average Bonchev–Trinajstić information content (AvgIpc) is 2.03. The fraction of sp³-hybridized carbons (Fsp3) is 1.00. The summed E-state index contributed by atoms with van der Waals surface area (Å²) in [5, 5.41) is 0. The largest absolute Gasteiger partial charge is 0.329 e. The van der Waals surface area contributed by atoms with Gasteiger partial charge in [-0.2, -0.15) is 0 Å². The van der Waals surface area contributed by atoms with E-state index in [4.69, 9.17) is 5.73 Å². The Kier molecular flexibility index (Phi) is 7.15. The van der Waals surface area contributed by atoms with Gasteiger partial charge in [-0.3, -0.25) is 0 Å². The van der Waals surface area contributed by atoms with Crippen molar-refractivity contribution in [3.63, 3.8) is 0 Å². The van der Waals surface area contributed by atoms with Gasteiger partial charge in [0.25, 0.3) is 0 Å². The summed E-state index contributed by atoms with van der Waals surface area (Å²) in [6.45, 7) is 7.52. The Morgan fingerprint density at radius 2 is 1.64 bits per heavy atom. The topological polar surface area (TPSA) is 32.5 Å². The molecule has 0 rings (SSSR count). The van der Waals surface area contributed by atoms with Crippen LogP contribution in [0, 0.1) is 5.92 Å². The summed E-state index contributed by atoms with van der Waals surface area (Å²) in [6, 6.07) is 0.525. The number of hydrogen-bond acceptors (Lipinski definition) is 3. The molecule has 1 unspecified atom stereocenters. The van der Waals surface area contributed by atoms with Crippen LogP contribution < -0.4 is 5.73 Å². The summed E-state index contributed by atoms with van der Waals surface area (Å²) in [7, 11) is 6.40. The van der Waals surface area contributed by atoms with Gasteiger partial charge in [0.15, 0.2) is 0 Å². The lowest BCUT2D eigenvalue weighted by molar-refractivity contribution is 0.189. The second-order valence-corrected chi connectivity index (χ2v) is 4.68. The first-order valence-corrected chi connectivity index (χ1v) is 5.54. The highest BCUT2D eigenvalue weighted by molar-refractivity contribution is 4.73. The first kappa shape index (κ1) is 13.9. The minimum absolute atomic E-state index is 0.525. The summed E-state index contributed by atoms with van der Waals surface area (Å²) in [6.07, 6.45) is 1.21. The van der Waals surface area contributed by atoms with Crippen LogP contribution in [0.5, 0.6) is 0 Å². The maximum atomic E-state index is 5.75. The van der Waals surface area contributed by atoms with E-state index in [1.807, 2.05) is 0 Å². The van der Waals surface area contributed by atoms with E-state index in [1.165, 1.54) is 6.42 Å². The monoisotopic (exact) mass is 201 g/mol. The second-order valence-electron chi connectivity index (χ2n) is 4.68. The molecule has 0 aliphatic heterocycles. The van der Waals surface area contributed by atoms with Crippen LogP contribution in [0.25, 0.3) is 0 Å². The number of rotatable bonds is 7. The zero-order chi connectivity index (χ0) is 11.1. The lowest BCUT2D eigenvalue weighted by Gasteiger charge is -2.30. The maximum absolute atomic E-state index is 5.75. The van der Waals surface area contributed by atoms with E-state index in [0.29, 0.717) is 12.0 Å². The van der Waals surface area contributed by atoms with Gasteiger partial charge in [0.1, 0.15) is 0 Å². The third-order valence-corrected chi connectivity index (χ3v) is 2.69. The van der Waals surface area contributed by atoms with Gasteiger partial charge in [-0.25, -0.2) is 0 Å². The van der Waals surface area contributed by atoms with Crippen LogP contribution in [0.15, 0.2) is 0 Å². The molecular weight excluding hydrogens is 174 g/mol. The Labute approximate surface area is 89.2 Å². The SMILES string of the molecule is CC(C)C(CN)N(C)CCCN(C)C. The lowest BCUT2D eigenvalue weighted by Crippen LogP contribution is -2.42. The number of hydrogen-bond donors (Lipinski definition) is 1. The molecule has 3 heteroatoms. The van der Waals surface area contributed by atoms with E-state index in [2.05, 4.69) is 44.8 Å². The first-order valence-electron chi connectivity index (χ1n) is 5.54. The standard InChI is InChI=1S/C11H27N3/c1-10(2)11(9-12)14(5)8-6-7-13(3)4/h10-11H,6-9,12H2,1-5H3. The summed E-state index contributed by atoms with van der Waals surface area (Å²) in [5.74, 6) is 0.643. The number of nitrogens with two attached hydrogens (primary N) is 1. The minimum Gasteiger partial charge on any atom is -0.329 e. The second kappa shape index (κ2) is 7.21. The predicted molar refractivity (Wildman–Crippen MR) is 63.5 cm³/mol. The molecule has 0 saturated heterocycles. The molecule has 0 amide bonds. The van der Waals surface area contributed by atoms with Gasteiger partial charge in [-0.1, -0.05) is 13.8 Å². The van der Waals surface area contributed by atoms with Crippen molar-refractivity contribution in [2.45, 2.75) is 26.3 Å². The molecule has 14 heavy (non-hydrogen) atoms. The molecule has 0 bridgehead atoms. The van der Waals surface area contributed by atoms with Crippen molar-refractivity contribution in [2.24, 2.45) is 11.7 Å². The van der Waals surface area contributed by atoms with Crippen molar-refractivity contribution in [1.29, 1.82) is 0 Å². The molecule has 0 aromatic heterocycles. The van der Waals surface area contributed by atoms with Crippen molar-refractivity contribution in [2.75, 3.05) is 40.8 Å². The van der Waals surface area contributed by atoms with Gasteiger partial charge in [-0.05, 0) is 46.6 Å². The summed E-state index contributed by atoms with van der Waals surface area (Å²) in [4.78, 5) is 4.61. The number of likely N-dealkylation sites (N-methyl/N-ethyl adjacent to an activating group) is 1. The Morgan fingerprint density at radius 1 is 1.07 bits per heavy atom. The van der Waals surface area contributed by atoms with Crippen molar-refractivity contribution in [3.05, 3.63) is 0 Å². The molecule has 0 saturated carbocycles. The van der Waals surface area contributed by atoms with Crippen molar-refractivity contribution in [1.82, 2.24) is 9.80 Å². The van der Waals surface area contributed by atoms with Gasteiger partial charge >= 0.3 is 0 Å². The van der Waals surface area contributed by atoms with Gasteiger partial charge in [-0.15, -0.1) is 0 Å². The Morgan fingerprint density at radius 3 is 2.00 bits per heavy atom. The molecule has 0 aromatic rings. The van der Waals surface area contributed by atoms with Crippen LogP contribution in [0.2, 0.25) is 0 Å². The van der Waals surface area contributed by atoms with Crippen molar-refractivity contribution >= 4 is 0 Å². The smallest absolute Gasteiger partial charge is 0.0238 e. The minimum atomic E-state index is 0.525. The Balaban J connectivity index is 3.75. The van der Waals surface area contributed by atoms with Crippen molar-refractivity contribution in [3.8, 4) is 0 Å². The van der Waals surface area contributed by atoms with E-state index >= 15 is 0 Å². The van der Waals surface area contributed by atoms with Crippen LogP contribution in [-0.2, 0) is 0 Å². The van der Waals surface area contributed by atoms with Crippen molar-refractivity contribution < 1.29 is 0 Å². The molecule has 0 aromatic carbocycles. The molecule has 0 spiro atoms. The highest BCUT2D eigenvalue weighted by Gasteiger charge is 2.15. The van der Waals surface area contributed by atoms with Gasteiger partial charge in [0.2, 0.25) is 0 Å². The predicted octanol–water partition coefficient (Wildman–Crippen LogP) is 0.853. The zero-order valence-corrected chi connectivity index (χ0v) is 10.5. The van der Waals surface area contributed by atoms with E-state index in [-0.39, 0.29) is 0 Å². The van der Waals surface area contributed by atoms with E-state index < -0.39 is 0 Å². The average molecular weight is 201 g/mol. The fourth-order valence-electron chi connectivity index (χ4n) is 1.76. The molecule has 2 N–H and O–H groups in total. The summed E-state index contributed by atoms with van der Waals surface area (Å²) in [5.41, 5.74) is 5.75. The van der Waals surface area contributed by atoms with Gasteiger partial charge in [0, 0.05) is 12.6 Å². The number of nitrogens with zero attached hydrogens (tertiary/aromatic N) is 2. The fourth-order valence-corrected chi connectivity index (χ4v) is 1.76. The highest BCUT2D eigenvalue weighted by Crippen LogP contribution is 2.07. The third-order valence-electron chi connectivity index (χ3n) is 2.69. The third kappa shape index (κ3) is 5.58. The summed E-state index contributed by atoms with van der Waals surface area (Å²) >= 11 is 0. The molecule has 0 radical (unpaired) electrons. The lowest BCUT2D eigenvalue weighted by atomic mass is 10.0. The molecule has 0 aliphatic rings. The molecular formula is C11H27N3. The van der Waals surface area contributed by atoms with Crippen LogP contribution in [0.3, 0.4) is 0 Å². The van der Waals surface area contributed by atoms with Crippen LogP contribution >= 0.6 is 0 Å². The first-order chi connectivity index (χ1) is 6.49. The molecule has 0 fully saturated rings. The molecule has 0 heterocycles. The molecule has 3 nitrogen and oxygen atoms in total. The molecule has 86 valence electrons. The molecule has 0 aliphatic carbocycles. The Hall–Kier alpha value is -0.120. The van der Waals surface area contributed by atoms with Gasteiger partial charge < -0.3 is 15.5 Å². The van der Waals surface area contributed by atoms with E-state index in [9.17, 15) is 0 Å². The highest BCUT2D eigenvalue weighted by atomic mass is 15.1. The van der Waals surface area contributed by atoms with Crippen LogP contribution in [-0.4, -0.2) is 56.6 Å². The normalized spacial score (nSPS) is 14.4. The summed E-state index contributed by atoms with van der Waals surface area (Å²) < 4.78 is 0. The maximum Gasteiger partial charge on any atom is 0.0238 e. The van der Waals surface area contributed by atoms with E-state index in [0.717, 1.165) is 19.6 Å². The van der Waals surface area contributed by atoms with Crippen LogP contribution in [0.1, 0.15) is 20.3 Å². The molecule has 1 atom stereocenters. The van der Waals surface area contributed by atoms with Crippen LogP contribution in [0.4, 0.5) is 0 Å². The zero-order valence-electron chi connectivity index (χ0n) is 10.5. The quantitative estimate of drug-likeness (QED) is 0.663.